The summed E-state index contributed by atoms with van der Waals surface area (Å²) in [5, 5.41) is 14.2. The van der Waals surface area contributed by atoms with Crippen LogP contribution in [-0.4, -0.2) is 28.7 Å². The number of carbonyl (C=O) groups excluding carboxylic acids is 1. The molecule has 6 heteroatoms. The van der Waals surface area contributed by atoms with Crippen molar-refractivity contribution in [1.29, 1.82) is 0 Å². The van der Waals surface area contributed by atoms with Crippen LogP contribution in [0.15, 0.2) is 10.7 Å². The standard InChI is InChI=1S/C8H10N2O4/c1-5-6(4-10-14-5)8(13)9-3-2-7(11)12/h4H,2-3H2,1H3,(H,9,13)(H,11,12). The molecular formula is C8H10N2O4. The summed E-state index contributed by atoms with van der Waals surface area (Å²) in [6.45, 7) is 1.71. The number of carboxylic acid groups (broad SMARTS) is 1. The predicted molar refractivity (Wildman–Crippen MR) is 45.8 cm³/mol. The number of nitrogens with zero attached hydrogens (tertiary/aromatic N) is 1. The average molecular weight is 198 g/mol. The molecule has 1 aromatic heterocycles. The predicted octanol–water partition coefficient (Wildman–Crippen LogP) is 0.188. The zero-order valence-corrected chi connectivity index (χ0v) is 7.61. The van der Waals surface area contributed by atoms with Gasteiger partial charge in [0, 0.05) is 6.54 Å². The molecule has 1 aromatic rings. The number of hydrogen-bond acceptors (Lipinski definition) is 4. The Morgan fingerprint density at radius 2 is 2.36 bits per heavy atom. The number of nitrogens with one attached hydrogen (secondary N) is 1. The molecule has 0 radical (unpaired) electrons. The lowest BCUT2D eigenvalue weighted by atomic mass is 10.2. The number of carboxylic acids is 1. The first kappa shape index (κ1) is 10.2. The topological polar surface area (TPSA) is 92.4 Å². The fourth-order valence-corrected chi connectivity index (χ4v) is 0.895. The Hall–Kier alpha value is -1.85. The van der Waals surface area contributed by atoms with Crippen LogP contribution in [0.3, 0.4) is 0 Å². The second-order valence-electron chi connectivity index (χ2n) is 2.70. The minimum atomic E-state index is -0.952. The molecule has 0 fully saturated rings. The number of hydrogen-bond donors (Lipinski definition) is 2. The van der Waals surface area contributed by atoms with E-state index < -0.39 is 5.97 Å². The Kier molecular flexibility index (Phi) is 3.22. The largest absolute Gasteiger partial charge is 0.481 e. The first-order valence-electron chi connectivity index (χ1n) is 4.02. The Balaban J connectivity index is 2.44. The Morgan fingerprint density at radius 1 is 1.64 bits per heavy atom. The summed E-state index contributed by atoms with van der Waals surface area (Å²) in [7, 11) is 0. The van der Waals surface area contributed by atoms with Crippen LogP contribution < -0.4 is 5.32 Å². The molecule has 0 saturated carbocycles. The van der Waals surface area contributed by atoms with Crippen LogP contribution in [0.2, 0.25) is 0 Å². The maximum Gasteiger partial charge on any atom is 0.305 e. The average Bonchev–Trinajstić information content (AvgIpc) is 2.50. The van der Waals surface area contributed by atoms with Gasteiger partial charge >= 0.3 is 5.97 Å². The van der Waals surface area contributed by atoms with E-state index in [1.165, 1.54) is 6.20 Å². The highest BCUT2D eigenvalue weighted by atomic mass is 16.5. The van der Waals surface area contributed by atoms with E-state index in [4.69, 9.17) is 5.11 Å². The minimum Gasteiger partial charge on any atom is -0.481 e. The van der Waals surface area contributed by atoms with Gasteiger partial charge in [0.15, 0.2) is 0 Å². The van der Waals surface area contributed by atoms with Crippen molar-refractivity contribution in [2.24, 2.45) is 0 Å². The summed E-state index contributed by atoms with van der Waals surface area (Å²) in [6.07, 6.45) is 1.20. The molecule has 0 aliphatic heterocycles. The number of carbonyl (C=O) groups is 2. The number of amides is 1. The molecule has 0 unspecified atom stereocenters. The van der Waals surface area contributed by atoms with E-state index in [9.17, 15) is 9.59 Å². The monoisotopic (exact) mass is 198 g/mol. The lowest BCUT2D eigenvalue weighted by Crippen LogP contribution is -2.26. The van der Waals surface area contributed by atoms with E-state index in [0.717, 1.165) is 0 Å². The molecule has 0 saturated heterocycles. The van der Waals surface area contributed by atoms with Crippen LogP contribution in [-0.2, 0) is 4.79 Å². The van der Waals surface area contributed by atoms with Gasteiger partial charge in [0.2, 0.25) is 0 Å². The molecule has 0 aliphatic rings. The van der Waals surface area contributed by atoms with Crippen molar-refractivity contribution in [2.75, 3.05) is 6.54 Å². The molecule has 6 nitrogen and oxygen atoms in total. The zero-order chi connectivity index (χ0) is 10.6. The van der Waals surface area contributed by atoms with Crippen molar-refractivity contribution in [3.8, 4) is 0 Å². The molecule has 0 atom stereocenters. The highest BCUT2D eigenvalue weighted by molar-refractivity contribution is 5.94. The van der Waals surface area contributed by atoms with Gasteiger partial charge in [-0.15, -0.1) is 0 Å². The summed E-state index contributed by atoms with van der Waals surface area (Å²) in [5.74, 6) is -0.907. The van der Waals surface area contributed by atoms with E-state index in [-0.39, 0.29) is 18.9 Å². The van der Waals surface area contributed by atoms with E-state index in [1.54, 1.807) is 6.92 Å². The molecule has 1 rings (SSSR count). The van der Waals surface area contributed by atoms with E-state index in [1.807, 2.05) is 0 Å². The van der Waals surface area contributed by atoms with Crippen LogP contribution in [0.5, 0.6) is 0 Å². The number of rotatable bonds is 4. The second-order valence-corrected chi connectivity index (χ2v) is 2.70. The molecule has 2 N–H and O–H groups in total. The maximum absolute atomic E-state index is 11.3. The molecule has 1 heterocycles. The number of aromatic nitrogens is 1. The number of aliphatic carboxylic acids is 1. The Morgan fingerprint density at radius 3 is 2.86 bits per heavy atom. The van der Waals surface area contributed by atoms with E-state index in [2.05, 4.69) is 15.0 Å². The molecular weight excluding hydrogens is 188 g/mol. The molecule has 0 aromatic carbocycles. The third-order valence-corrected chi connectivity index (χ3v) is 1.62. The second kappa shape index (κ2) is 4.40. The minimum absolute atomic E-state index is 0.0960. The first-order chi connectivity index (χ1) is 6.61. The summed E-state index contributed by atoms with van der Waals surface area (Å²) >= 11 is 0. The van der Waals surface area contributed by atoms with Crippen LogP contribution in [0.1, 0.15) is 22.5 Å². The molecule has 0 aliphatic carbocycles. The third kappa shape index (κ3) is 2.58. The van der Waals surface area contributed by atoms with Gasteiger partial charge < -0.3 is 14.9 Å². The van der Waals surface area contributed by atoms with Gasteiger partial charge in [-0.1, -0.05) is 5.16 Å². The maximum atomic E-state index is 11.3. The van der Waals surface area contributed by atoms with Crippen LogP contribution in [0, 0.1) is 6.92 Å². The van der Waals surface area contributed by atoms with Crippen LogP contribution in [0.4, 0.5) is 0 Å². The summed E-state index contributed by atoms with van der Waals surface area (Å²) in [4.78, 5) is 21.5. The van der Waals surface area contributed by atoms with Crippen molar-refractivity contribution >= 4 is 11.9 Å². The fraction of sp³-hybridized carbons (Fsp3) is 0.375. The van der Waals surface area contributed by atoms with Crippen LogP contribution >= 0.6 is 0 Å². The van der Waals surface area contributed by atoms with Crippen molar-refractivity contribution in [1.82, 2.24) is 10.5 Å². The first-order valence-corrected chi connectivity index (χ1v) is 4.02. The summed E-state index contributed by atoms with van der Waals surface area (Å²) in [5.41, 5.74) is 0.329. The quantitative estimate of drug-likeness (QED) is 0.720. The SMILES string of the molecule is Cc1oncc1C(=O)NCCC(=O)O. The fourth-order valence-electron chi connectivity index (χ4n) is 0.895. The molecule has 76 valence electrons. The highest BCUT2D eigenvalue weighted by Crippen LogP contribution is 2.04. The number of aryl methyl sites for hydroxylation is 1. The summed E-state index contributed by atoms with van der Waals surface area (Å²) < 4.78 is 4.69. The smallest absolute Gasteiger partial charge is 0.305 e. The van der Waals surface area contributed by atoms with Crippen molar-refractivity contribution in [2.45, 2.75) is 13.3 Å². The lowest BCUT2D eigenvalue weighted by molar-refractivity contribution is -0.136. The molecule has 0 spiro atoms. The summed E-state index contributed by atoms with van der Waals surface area (Å²) in [6, 6.07) is 0. The molecule has 0 bridgehead atoms. The van der Waals surface area contributed by atoms with Crippen molar-refractivity contribution in [3.63, 3.8) is 0 Å². The normalized spacial score (nSPS) is 9.79. The lowest BCUT2D eigenvalue weighted by Gasteiger charge is -2.00. The van der Waals surface area contributed by atoms with Gasteiger partial charge in [-0.2, -0.15) is 0 Å². The zero-order valence-electron chi connectivity index (χ0n) is 7.61. The van der Waals surface area contributed by atoms with Gasteiger partial charge in [-0.05, 0) is 6.92 Å². The van der Waals surface area contributed by atoms with Gasteiger partial charge in [0.1, 0.15) is 11.3 Å². The molecule has 14 heavy (non-hydrogen) atoms. The van der Waals surface area contributed by atoms with E-state index in [0.29, 0.717) is 11.3 Å². The van der Waals surface area contributed by atoms with Gasteiger partial charge in [-0.3, -0.25) is 9.59 Å². The van der Waals surface area contributed by atoms with Gasteiger partial charge in [0.05, 0.1) is 12.6 Å². The van der Waals surface area contributed by atoms with Gasteiger partial charge in [0.25, 0.3) is 5.91 Å². The third-order valence-electron chi connectivity index (χ3n) is 1.62. The highest BCUT2D eigenvalue weighted by Gasteiger charge is 2.12. The van der Waals surface area contributed by atoms with Crippen molar-refractivity contribution in [3.05, 3.63) is 17.5 Å². The Bertz CT molecular complexity index is 345. The Labute approximate surface area is 79.9 Å². The van der Waals surface area contributed by atoms with E-state index >= 15 is 0 Å². The van der Waals surface area contributed by atoms with Crippen molar-refractivity contribution < 1.29 is 19.2 Å². The molecule has 1 amide bonds. The van der Waals surface area contributed by atoms with Crippen LogP contribution in [0.25, 0.3) is 0 Å². The van der Waals surface area contributed by atoms with Gasteiger partial charge in [-0.25, -0.2) is 0 Å².